The highest BCUT2D eigenvalue weighted by Gasteiger charge is 2.27. The van der Waals surface area contributed by atoms with Crippen molar-refractivity contribution >= 4 is 29.1 Å². The number of ether oxygens (including phenoxy) is 1. The van der Waals surface area contributed by atoms with E-state index >= 15 is 0 Å². The lowest BCUT2D eigenvalue weighted by molar-refractivity contribution is -0.127. The number of nitrogens with one attached hydrogen (secondary N) is 1. The summed E-state index contributed by atoms with van der Waals surface area (Å²) in [5.74, 6) is 0.941. The zero-order valence-electron chi connectivity index (χ0n) is 20.7. The summed E-state index contributed by atoms with van der Waals surface area (Å²) in [6, 6.07) is 13.5. The number of piperidine rings is 1. The highest BCUT2D eigenvalue weighted by molar-refractivity contribution is 6.36. The Kier molecular flexibility index (Phi) is 8.74. The maximum absolute atomic E-state index is 13.1. The standard InChI is InChI=1S/C27H31Cl2N5O3/c28-22-7-8-23(24(29)14-22)26-31-25(37-32-26)18-34-9-3-6-21(17-34)27(35)30-15-19-4-1-2-5-20(19)16-33-10-12-36-13-11-33/h1-2,4-5,7-8,14,21H,3,6,9-13,15-18H2,(H,30,35). The molecule has 0 bridgehead atoms. The lowest BCUT2D eigenvalue weighted by atomic mass is 9.97. The fourth-order valence-electron chi connectivity index (χ4n) is 4.91. The van der Waals surface area contributed by atoms with Gasteiger partial charge < -0.3 is 14.6 Å². The first-order chi connectivity index (χ1) is 18.0. The smallest absolute Gasteiger partial charge is 0.241 e. The van der Waals surface area contributed by atoms with Crippen molar-refractivity contribution in [1.29, 1.82) is 0 Å². The summed E-state index contributed by atoms with van der Waals surface area (Å²) >= 11 is 12.3. The van der Waals surface area contributed by atoms with Crippen LogP contribution in [0.25, 0.3) is 11.4 Å². The van der Waals surface area contributed by atoms with E-state index in [2.05, 4.69) is 43.5 Å². The summed E-state index contributed by atoms with van der Waals surface area (Å²) in [6.07, 6.45) is 1.81. The molecule has 2 aliphatic rings. The number of benzene rings is 2. The van der Waals surface area contributed by atoms with Crippen LogP contribution < -0.4 is 5.32 Å². The molecule has 0 aliphatic carbocycles. The number of halogens is 2. The number of carbonyl (C=O) groups excluding carboxylic acids is 1. The van der Waals surface area contributed by atoms with Gasteiger partial charge in [0.05, 0.1) is 30.7 Å². The van der Waals surface area contributed by atoms with Crippen LogP contribution in [0.5, 0.6) is 0 Å². The highest BCUT2D eigenvalue weighted by Crippen LogP contribution is 2.29. The number of carbonyl (C=O) groups is 1. The second-order valence-electron chi connectivity index (χ2n) is 9.59. The summed E-state index contributed by atoms with van der Waals surface area (Å²) in [4.78, 5) is 22.2. The van der Waals surface area contributed by atoms with Crippen molar-refractivity contribution in [2.45, 2.75) is 32.5 Å². The molecule has 5 rings (SSSR count). The lowest BCUT2D eigenvalue weighted by Crippen LogP contribution is -2.42. The molecule has 2 aromatic carbocycles. The number of likely N-dealkylation sites (tertiary alicyclic amines) is 1. The minimum Gasteiger partial charge on any atom is -0.379 e. The summed E-state index contributed by atoms with van der Waals surface area (Å²) in [5.41, 5.74) is 3.09. The van der Waals surface area contributed by atoms with Gasteiger partial charge in [-0.3, -0.25) is 14.6 Å². The van der Waals surface area contributed by atoms with Crippen molar-refractivity contribution in [2.75, 3.05) is 39.4 Å². The van der Waals surface area contributed by atoms with Gasteiger partial charge in [0, 0.05) is 43.3 Å². The maximum atomic E-state index is 13.1. The molecule has 1 atom stereocenters. The Morgan fingerprint density at radius 3 is 2.65 bits per heavy atom. The molecule has 1 amide bonds. The van der Waals surface area contributed by atoms with E-state index in [9.17, 15) is 4.79 Å². The third kappa shape index (κ3) is 6.89. The van der Waals surface area contributed by atoms with Crippen molar-refractivity contribution in [1.82, 2.24) is 25.3 Å². The normalized spacial score (nSPS) is 19.1. The zero-order chi connectivity index (χ0) is 25.6. The molecule has 2 aliphatic heterocycles. The van der Waals surface area contributed by atoms with Gasteiger partial charge >= 0.3 is 0 Å². The molecule has 1 aromatic heterocycles. The van der Waals surface area contributed by atoms with Crippen molar-refractivity contribution < 1.29 is 14.1 Å². The van der Waals surface area contributed by atoms with E-state index in [1.807, 2.05) is 6.07 Å². The minimum absolute atomic E-state index is 0.0757. The topological polar surface area (TPSA) is 83.7 Å². The van der Waals surface area contributed by atoms with Gasteiger partial charge in [-0.2, -0.15) is 4.98 Å². The quantitative estimate of drug-likeness (QED) is 0.450. The largest absolute Gasteiger partial charge is 0.379 e. The maximum Gasteiger partial charge on any atom is 0.241 e. The number of morpholine rings is 1. The number of amides is 1. The molecule has 3 heterocycles. The zero-order valence-corrected chi connectivity index (χ0v) is 22.2. The van der Waals surface area contributed by atoms with E-state index in [0.29, 0.717) is 47.0 Å². The van der Waals surface area contributed by atoms with Crippen LogP contribution >= 0.6 is 23.2 Å². The van der Waals surface area contributed by atoms with Gasteiger partial charge in [0.25, 0.3) is 0 Å². The van der Waals surface area contributed by atoms with E-state index in [-0.39, 0.29) is 11.8 Å². The molecule has 1 unspecified atom stereocenters. The third-order valence-corrected chi connectivity index (χ3v) is 7.49. The summed E-state index contributed by atoms with van der Waals surface area (Å²) in [7, 11) is 0. The first-order valence-electron chi connectivity index (χ1n) is 12.7. The average molecular weight is 544 g/mol. The molecule has 0 radical (unpaired) electrons. The van der Waals surface area contributed by atoms with Gasteiger partial charge in [0.2, 0.25) is 17.6 Å². The molecule has 8 nitrogen and oxygen atoms in total. The van der Waals surface area contributed by atoms with Crippen molar-refractivity contribution in [2.24, 2.45) is 5.92 Å². The molecule has 1 N–H and O–H groups in total. The van der Waals surface area contributed by atoms with E-state index in [1.165, 1.54) is 5.56 Å². The Labute approximate surface area is 226 Å². The number of rotatable bonds is 8. The van der Waals surface area contributed by atoms with Crippen molar-refractivity contribution in [3.63, 3.8) is 0 Å². The highest BCUT2D eigenvalue weighted by atomic mass is 35.5. The van der Waals surface area contributed by atoms with E-state index in [1.54, 1.807) is 18.2 Å². The van der Waals surface area contributed by atoms with Crippen molar-refractivity contribution in [3.8, 4) is 11.4 Å². The number of aromatic nitrogens is 2. The Balaban J connectivity index is 1.15. The van der Waals surface area contributed by atoms with Crippen LogP contribution in [0.1, 0.15) is 29.9 Å². The first kappa shape index (κ1) is 26.1. The fraction of sp³-hybridized carbons (Fsp3) is 0.444. The van der Waals surface area contributed by atoms with Crippen LogP contribution in [-0.4, -0.2) is 65.2 Å². The molecule has 0 saturated carbocycles. The number of hydrogen-bond acceptors (Lipinski definition) is 7. The van der Waals surface area contributed by atoms with Gasteiger partial charge in [-0.15, -0.1) is 0 Å². The Morgan fingerprint density at radius 2 is 1.84 bits per heavy atom. The average Bonchev–Trinajstić information content (AvgIpc) is 3.36. The first-order valence-corrected chi connectivity index (χ1v) is 13.5. The monoisotopic (exact) mass is 543 g/mol. The van der Waals surface area contributed by atoms with Crippen molar-refractivity contribution in [3.05, 3.63) is 69.5 Å². The predicted octanol–water partition coefficient (Wildman–Crippen LogP) is 4.40. The van der Waals surface area contributed by atoms with Crippen LogP contribution in [0.15, 0.2) is 47.0 Å². The second-order valence-corrected chi connectivity index (χ2v) is 10.4. The molecule has 196 valence electrons. The third-order valence-electron chi connectivity index (χ3n) is 6.94. The van der Waals surface area contributed by atoms with Gasteiger partial charge in [0.15, 0.2) is 0 Å². The van der Waals surface area contributed by atoms with E-state index in [0.717, 1.165) is 57.8 Å². The van der Waals surface area contributed by atoms with Crippen LogP contribution in [-0.2, 0) is 29.2 Å². The molecule has 10 heteroatoms. The van der Waals surface area contributed by atoms with Gasteiger partial charge in [0.1, 0.15) is 0 Å². The molecule has 3 aromatic rings. The summed E-state index contributed by atoms with van der Waals surface area (Å²) in [6.45, 7) is 6.86. The van der Waals surface area contributed by atoms with Crippen LogP contribution in [0, 0.1) is 5.92 Å². The molecular formula is C27H31Cl2N5O3. The van der Waals surface area contributed by atoms with Gasteiger partial charge in [-0.05, 0) is 48.7 Å². The second kappa shape index (κ2) is 12.4. The lowest BCUT2D eigenvalue weighted by Gasteiger charge is -2.31. The number of hydrogen-bond donors (Lipinski definition) is 1. The molecular weight excluding hydrogens is 513 g/mol. The Hall–Kier alpha value is -2.49. The van der Waals surface area contributed by atoms with Crippen LogP contribution in [0.3, 0.4) is 0 Å². The van der Waals surface area contributed by atoms with Crippen LogP contribution in [0.2, 0.25) is 10.0 Å². The van der Waals surface area contributed by atoms with E-state index < -0.39 is 0 Å². The number of nitrogens with zero attached hydrogens (tertiary/aromatic N) is 4. The Bertz CT molecular complexity index is 1210. The van der Waals surface area contributed by atoms with Crippen LogP contribution in [0.4, 0.5) is 0 Å². The Morgan fingerprint density at radius 1 is 1.03 bits per heavy atom. The predicted molar refractivity (Wildman–Crippen MR) is 142 cm³/mol. The summed E-state index contributed by atoms with van der Waals surface area (Å²) < 4.78 is 10.9. The molecule has 2 saturated heterocycles. The summed E-state index contributed by atoms with van der Waals surface area (Å²) in [5, 5.41) is 8.29. The fourth-order valence-corrected chi connectivity index (χ4v) is 5.41. The SMILES string of the molecule is O=C(NCc1ccccc1CN1CCOCC1)C1CCCN(Cc2nc(-c3ccc(Cl)cc3Cl)no2)C1. The molecule has 0 spiro atoms. The minimum atomic E-state index is -0.0757. The molecule has 2 fully saturated rings. The van der Waals surface area contributed by atoms with E-state index in [4.69, 9.17) is 32.5 Å². The van der Waals surface area contributed by atoms with Gasteiger partial charge in [-0.25, -0.2) is 0 Å². The van der Waals surface area contributed by atoms with Gasteiger partial charge in [-0.1, -0.05) is 52.6 Å². The molecule has 37 heavy (non-hydrogen) atoms.